The number of ketones is 2. The number of rotatable bonds is 14. The largest absolute Gasteiger partial charge is 0.507 e. The van der Waals surface area contributed by atoms with Gasteiger partial charge in [-0.1, -0.05) is 38.8 Å². The number of carbonyl (C=O) groups excluding carboxylic acids is 2. The second-order valence-electron chi connectivity index (χ2n) is 12.5. The smallest absolute Gasteiger partial charge is 0.265 e. The van der Waals surface area contributed by atoms with Crippen LogP contribution in [0.15, 0.2) is 41.5 Å². The number of fused-ring (bicyclic) bond motifs is 4. The maximum absolute atomic E-state index is 16.1. The van der Waals surface area contributed by atoms with Gasteiger partial charge in [0, 0.05) is 36.2 Å². The van der Waals surface area contributed by atoms with Gasteiger partial charge in [0.05, 0.1) is 30.5 Å². The van der Waals surface area contributed by atoms with E-state index in [4.69, 9.17) is 14.0 Å². The fourth-order valence-corrected chi connectivity index (χ4v) is 7.12. The van der Waals surface area contributed by atoms with Crippen LogP contribution in [-0.4, -0.2) is 77.8 Å². The van der Waals surface area contributed by atoms with Crippen molar-refractivity contribution in [2.45, 2.75) is 64.0 Å². The summed E-state index contributed by atoms with van der Waals surface area (Å²) < 4.78 is 33.7. The van der Waals surface area contributed by atoms with E-state index in [1.807, 2.05) is 13.8 Å². The molecular formula is C35H44FN3O7. The van der Waals surface area contributed by atoms with Gasteiger partial charge in [-0.05, 0) is 50.9 Å². The molecule has 4 atom stereocenters. The number of carbonyl (C=O) groups is 2. The first-order valence-corrected chi connectivity index (χ1v) is 16.1. The van der Waals surface area contributed by atoms with Crippen LogP contribution in [0.2, 0.25) is 0 Å². The van der Waals surface area contributed by atoms with Crippen LogP contribution in [0.4, 0.5) is 10.1 Å². The molecule has 2 N–H and O–H groups in total. The molecule has 1 fully saturated rings. The third-order valence-electron chi connectivity index (χ3n) is 9.32. The normalized spacial score (nSPS) is 23.4. The highest BCUT2D eigenvalue weighted by atomic mass is 19.1. The fraction of sp³-hybridized carbons (Fsp3) is 0.514. The maximum Gasteiger partial charge on any atom is 0.265 e. The molecule has 0 spiro atoms. The second kappa shape index (κ2) is 13.4. The quantitative estimate of drug-likeness (QED) is 0.153. The standard InChI is InChI=1S/C35H44FN3O7/c1-7-11-15-44-30-24(39(13-9-3)14-10-4)19-23(36)21-17-20-18-22-28(38(5)6)31-27(34(37-46-31)45-16-12-8-2)33(42)35(22,43)32(41)25(20)29(40)26(21)30/h9-10,19-20,22,28,40,43H,3-4,7-8,11-18H2,1-2,5-6H3/t20-,22-,28-,35-/m0/s1. The first-order chi connectivity index (χ1) is 22.1. The van der Waals surface area contributed by atoms with E-state index in [0.717, 1.165) is 12.8 Å². The van der Waals surface area contributed by atoms with Crippen LogP contribution in [0.5, 0.6) is 11.6 Å². The van der Waals surface area contributed by atoms with Gasteiger partial charge in [0.15, 0.2) is 17.1 Å². The second-order valence-corrected chi connectivity index (χ2v) is 12.5. The summed E-state index contributed by atoms with van der Waals surface area (Å²) in [5, 5.41) is 28.2. The molecule has 3 aliphatic rings. The molecule has 0 radical (unpaired) electrons. The summed E-state index contributed by atoms with van der Waals surface area (Å²) in [6.45, 7) is 12.9. The third kappa shape index (κ3) is 5.33. The summed E-state index contributed by atoms with van der Waals surface area (Å²) in [5.74, 6) is -4.10. The van der Waals surface area contributed by atoms with Gasteiger partial charge < -0.3 is 29.1 Å². The van der Waals surface area contributed by atoms with E-state index in [9.17, 15) is 19.8 Å². The molecule has 0 unspecified atom stereocenters. The molecule has 1 aromatic heterocycles. The Balaban J connectivity index is 1.68. The molecule has 1 aromatic carbocycles. The van der Waals surface area contributed by atoms with Crippen molar-refractivity contribution >= 4 is 23.0 Å². The van der Waals surface area contributed by atoms with Gasteiger partial charge in [-0.2, -0.15) is 0 Å². The Kier molecular flexibility index (Phi) is 9.74. The molecule has 3 aliphatic carbocycles. The van der Waals surface area contributed by atoms with E-state index >= 15 is 4.39 Å². The van der Waals surface area contributed by atoms with Crippen LogP contribution in [0, 0.1) is 17.7 Å². The Labute approximate surface area is 269 Å². The highest BCUT2D eigenvalue weighted by Gasteiger charge is 2.65. The SMILES string of the molecule is C=CCN(CC=C)c1cc(F)c2c(c1OCCCC)C(O)=C1C(=O)[C@]3(O)C(=O)c4c(OCCCC)noc4[C@@H](N(C)C)[C@@H]3C[C@@H]1C2. The number of ether oxygens (including phenoxy) is 2. The summed E-state index contributed by atoms with van der Waals surface area (Å²) in [6, 6.07) is 0.675. The molecule has 0 bridgehead atoms. The highest BCUT2D eigenvalue weighted by Crippen LogP contribution is 2.56. The zero-order valence-electron chi connectivity index (χ0n) is 27.1. The first-order valence-electron chi connectivity index (χ1n) is 16.1. The number of halogens is 1. The van der Waals surface area contributed by atoms with Crippen LogP contribution < -0.4 is 14.4 Å². The highest BCUT2D eigenvalue weighted by molar-refractivity contribution is 6.26. The molecule has 0 saturated heterocycles. The van der Waals surface area contributed by atoms with Gasteiger partial charge >= 0.3 is 0 Å². The van der Waals surface area contributed by atoms with Crippen molar-refractivity contribution in [1.82, 2.24) is 10.1 Å². The van der Waals surface area contributed by atoms with Crippen molar-refractivity contribution in [3.05, 3.63) is 65.2 Å². The molecule has 2 aromatic rings. The lowest BCUT2D eigenvalue weighted by Gasteiger charge is -2.49. The number of benzene rings is 1. The van der Waals surface area contributed by atoms with Gasteiger partial charge in [0.2, 0.25) is 11.6 Å². The van der Waals surface area contributed by atoms with Gasteiger partial charge in [-0.15, -0.1) is 13.2 Å². The Bertz CT molecular complexity index is 1550. The van der Waals surface area contributed by atoms with Crippen LogP contribution >= 0.6 is 0 Å². The Morgan fingerprint density at radius 2 is 1.74 bits per heavy atom. The van der Waals surface area contributed by atoms with E-state index in [0.29, 0.717) is 38.2 Å². The number of aliphatic hydroxyl groups excluding tert-OH is 1. The lowest BCUT2D eigenvalue weighted by Crippen LogP contribution is -2.63. The average Bonchev–Trinajstić information content (AvgIpc) is 3.43. The van der Waals surface area contributed by atoms with Crippen molar-refractivity contribution in [2.24, 2.45) is 11.8 Å². The van der Waals surface area contributed by atoms with Crippen LogP contribution in [0.25, 0.3) is 5.76 Å². The molecule has 10 nitrogen and oxygen atoms in total. The molecule has 0 aliphatic heterocycles. The predicted molar refractivity (Wildman–Crippen MR) is 172 cm³/mol. The number of unbranched alkanes of at least 4 members (excludes halogenated alkanes) is 2. The fourth-order valence-electron chi connectivity index (χ4n) is 7.12. The van der Waals surface area contributed by atoms with Crippen molar-refractivity contribution in [1.29, 1.82) is 0 Å². The molecule has 0 amide bonds. The monoisotopic (exact) mass is 637 g/mol. The number of Topliss-reactive ketones (excluding diaryl/α,β-unsaturated/α-hetero) is 2. The van der Waals surface area contributed by atoms with Gasteiger partial charge in [-0.25, -0.2) is 4.39 Å². The number of aromatic nitrogens is 1. The zero-order valence-corrected chi connectivity index (χ0v) is 27.1. The minimum Gasteiger partial charge on any atom is -0.507 e. The molecule has 1 heterocycles. The number of hydrogen-bond donors (Lipinski definition) is 2. The minimum absolute atomic E-state index is 0.0625. The third-order valence-corrected chi connectivity index (χ3v) is 9.32. The number of anilines is 1. The Morgan fingerprint density at radius 3 is 2.35 bits per heavy atom. The molecule has 11 heteroatoms. The van der Waals surface area contributed by atoms with E-state index in [1.54, 1.807) is 36.0 Å². The Hall–Kier alpha value is -3.96. The van der Waals surface area contributed by atoms with E-state index < -0.39 is 46.6 Å². The predicted octanol–water partition coefficient (Wildman–Crippen LogP) is 5.61. The summed E-state index contributed by atoms with van der Waals surface area (Å²) in [6.07, 6.45) is 6.61. The van der Waals surface area contributed by atoms with Crippen molar-refractivity contribution in [3.8, 4) is 11.6 Å². The molecule has 46 heavy (non-hydrogen) atoms. The first kappa shape index (κ1) is 33.4. The molecule has 248 valence electrons. The van der Waals surface area contributed by atoms with Gasteiger partial charge in [-0.3, -0.25) is 14.5 Å². The number of nitrogens with zero attached hydrogens (tertiary/aromatic N) is 3. The lowest BCUT2D eigenvalue weighted by molar-refractivity contribution is -0.142. The summed E-state index contributed by atoms with van der Waals surface area (Å²) in [5.41, 5.74) is -2.06. The van der Waals surface area contributed by atoms with Crippen LogP contribution in [0.3, 0.4) is 0 Å². The number of aliphatic hydroxyl groups is 2. The number of hydrogen-bond acceptors (Lipinski definition) is 10. The van der Waals surface area contributed by atoms with Crippen molar-refractivity contribution in [2.75, 3.05) is 45.3 Å². The van der Waals surface area contributed by atoms with Gasteiger partial charge in [0.25, 0.3) is 5.88 Å². The minimum atomic E-state index is -2.54. The molecule has 5 rings (SSSR count). The summed E-state index contributed by atoms with van der Waals surface area (Å²) in [4.78, 5) is 32.3. The topological polar surface area (TPSA) is 126 Å². The lowest BCUT2D eigenvalue weighted by atomic mass is 9.57. The van der Waals surface area contributed by atoms with Crippen molar-refractivity contribution < 1.29 is 38.2 Å². The van der Waals surface area contributed by atoms with E-state index in [2.05, 4.69) is 18.3 Å². The summed E-state index contributed by atoms with van der Waals surface area (Å²) in [7, 11) is 3.52. The van der Waals surface area contributed by atoms with Crippen LogP contribution in [-0.2, 0) is 11.2 Å². The van der Waals surface area contributed by atoms with Crippen molar-refractivity contribution in [3.63, 3.8) is 0 Å². The molecular weight excluding hydrogens is 593 g/mol. The Morgan fingerprint density at radius 1 is 1.09 bits per heavy atom. The average molecular weight is 638 g/mol. The zero-order chi connectivity index (χ0) is 33.3. The van der Waals surface area contributed by atoms with Crippen LogP contribution in [0.1, 0.15) is 79.2 Å². The summed E-state index contributed by atoms with van der Waals surface area (Å²) >= 11 is 0. The van der Waals surface area contributed by atoms with E-state index in [1.165, 1.54) is 6.07 Å². The molecule has 1 saturated carbocycles. The maximum atomic E-state index is 16.1. The van der Waals surface area contributed by atoms with E-state index in [-0.39, 0.29) is 59.1 Å². The van der Waals surface area contributed by atoms with Gasteiger partial charge in [0.1, 0.15) is 17.1 Å².